The Bertz CT molecular complexity index is 722. The summed E-state index contributed by atoms with van der Waals surface area (Å²) >= 11 is 6.14. The van der Waals surface area contributed by atoms with Gasteiger partial charge < -0.3 is 10.2 Å². The van der Waals surface area contributed by atoms with Gasteiger partial charge in [0.2, 0.25) is 5.95 Å². The van der Waals surface area contributed by atoms with Gasteiger partial charge in [0.1, 0.15) is 5.69 Å². The smallest absolute Gasteiger partial charge is 0.272 e. The zero-order chi connectivity index (χ0) is 16.9. The van der Waals surface area contributed by atoms with Crippen LogP contribution in [-0.2, 0) is 0 Å². The molecule has 1 aliphatic heterocycles. The number of aromatic nitrogens is 2. The quantitative estimate of drug-likeness (QED) is 0.899. The lowest BCUT2D eigenvalue weighted by Crippen LogP contribution is -2.43. The molecule has 0 radical (unpaired) electrons. The maximum Gasteiger partial charge on any atom is 0.272 e. The molecule has 1 aliphatic rings. The van der Waals surface area contributed by atoms with Crippen LogP contribution in [0.3, 0.4) is 0 Å². The number of piperidine rings is 1. The van der Waals surface area contributed by atoms with Gasteiger partial charge in [-0.25, -0.2) is 9.97 Å². The Kier molecular flexibility index (Phi) is 5.30. The fourth-order valence-corrected chi connectivity index (χ4v) is 3.24. The average Bonchev–Trinajstić information content (AvgIpc) is 2.63. The van der Waals surface area contributed by atoms with Crippen LogP contribution in [0, 0.1) is 0 Å². The molecule has 1 atom stereocenters. The summed E-state index contributed by atoms with van der Waals surface area (Å²) in [6, 6.07) is 9.34. The molecule has 0 saturated carbocycles. The number of nitrogens with one attached hydrogen (secondary N) is 1. The van der Waals surface area contributed by atoms with Crippen LogP contribution in [0.2, 0.25) is 5.02 Å². The van der Waals surface area contributed by atoms with Gasteiger partial charge in [0.05, 0.1) is 10.7 Å². The zero-order valence-corrected chi connectivity index (χ0v) is 14.5. The standard InChI is InChI=1S/C18H21ClN4O/c1-2-13-7-5-6-12-23(13)17(24)16-10-11-20-18(22-16)21-15-9-4-3-8-14(15)19/h3-4,8-11,13H,2,5-7,12H2,1H3,(H,20,21,22). The van der Waals surface area contributed by atoms with Crippen molar-refractivity contribution in [1.29, 1.82) is 0 Å². The Morgan fingerprint density at radius 3 is 2.96 bits per heavy atom. The predicted molar refractivity (Wildman–Crippen MR) is 95.7 cm³/mol. The van der Waals surface area contributed by atoms with E-state index in [1.165, 1.54) is 6.42 Å². The minimum atomic E-state index is -0.0221. The van der Waals surface area contributed by atoms with Crippen LogP contribution >= 0.6 is 11.6 Å². The van der Waals surface area contributed by atoms with Crippen molar-refractivity contribution in [2.75, 3.05) is 11.9 Å². The third kappa shape index (κ3) is 3.67. The lowest BCUT2D eigenvalue weighted by Gasteiger charge is -2.35. The molecular formula is C18H21ClN4O. The number of nitrogens with zero attached hydrogens (tertiary/aromatic N) is 3. The summed E-state index contributed by atoms with van der Waals surface area (Å²) < 4.78 is 0. The number of halogens is 1. The van der Waals surface area contributed by atoms with Gasteiger partial charge in [0, 0.05) is 18.8 Å². The van der Waals surface area contributed by atoms with Crippen LogP contribution in [0.15, 0.2) is 36.5 Å². The highest BCUT2D eigenvalue weighted by molar-refractivity contribution is 6.33. The van der Waals surface area contributed by atoms with Gasteiger partial charge in [-0.2, -0.15) is 0 Å². The second-order valence-electron chi connectivity index (χ2n) is 5.93. The molecule has 5 nitrogen and oxygen atoms in total. The molecule has 1 aromatic carbocycles. The number of carbonyl (C=O) groups is 1. The van der Waals surface area contributed by atoms with E-state index in [9.17, 15) is 4.79 Å². The molecule has 2 aromatic rings. The molecule has 6 heteroatoms. The van der Waals surface area contributed by atoms with E-state index in [1.54, 1.807) is 18.3 Å². The third-order valence-corrected chi connectivity index (χ3v) is 4.68. The summed E-state index contributed by atoms with van der Waals surface area (Å²) in [5, 5.41) is 3.65. The summed E-state index contributed by atoms with van der Waals surface area (Å²) in [7, 11) is 0. The first-order chi connectivity index (χ1) is 11.7. The second-order valence-corrected chi connectivity index (χ2v) is 6.33. The number of carbonyl (C=O) groups excluding carboxylic acids is 1. The first-order valence-electron chi connectivity index (χ1n) is 8.34. The topological polar surface area (TPSA) is 58.1 Å². The van der Waals surface area contributed by atoms with Gasteiger partial charge in [-0.1, -0.05) is 30.7 Å². The van der Waals surface area contributed by atoms with E-state index in [2.05, 4.69) is 22.2 Å². The number of hydrogen-bond acceptors (Lipinski definition) is 4. The first-order valence-corrected chi connectivity index (χ1v) is 8.72. The van der Waals surface area contributed by atoms with Gasteiger partial charge in [-0.15, -0.1) is 0 Å². The van der Waals surface area contributed by atoms with E-state index in [0.717, 1.165) is 25.8 Å². The lowest BCUT2D eigenvalue weighted by atomic mass is 9.99. The minimum Gasteiger partial charge on any atom is -0.334 e. The normalized spacial score (nSPS) is 17.6. The molecule has 1 aromatic heterocycles. The van der Waals surface area contributed by atoms with E-state index in [1.807, 2.05) is 23.1 Å². The molecule has 1 unspecified atom stereocenters. The van der Waals surface area contributed by atoms with Crippen LogP contribution in [0.5, 0.6) is 0 Å². The summed E-state index contributed by atoms with van der Waals surface area (Å²) in [5.41, 5.74) is 1.13. The van der Waals surface area contributed by atoms with Crippen LogP contribution < -0.4 is 5.32 Å². The van der Waals surface area contributed by atoms with Crippen molar-refractivity contribution in [1.82, 2.24) is 14.9 Å². The fourth-order valence-electron chi connectivity index (χ4n) is 3.06. The predicted octanol–water partition coefficient (Wildman–Crippen LogP) is 4.28. The van der Waals surface area contributed by atoms with E-state index in [4.69, 9.17) is 11.6 Å². The number of hydrogen-bond donors (Lipinski definition) is 1. The number of anilines is 2. The van der Waals surface area contributed by atoms with Gasteiger partial charge >= 0.3 is 0 Å². The Labute approximate surface area is 147 Å². The largest absolute Gasteiger partial charge is 0.334 e. The molecule has 3 rings (SSSR count). The summed E-state index contributed by atoms with van der Waals surface area (Å²) in [5.74, 6) is 0.352. The van der Waals surface area contributed by atoms with Crippen LogP contribution in [0.4, 0.5) is 11.6 Å². The van der Waals surface area contributed by atoms with Crippen molar-refractivity contribution < 1.29 is 4.79 Å². The lowest BCUT2D eigenvalue weighted by molar-refractivity contribution is 0.0602. The molecule has 0 bridgehead atoms. The molecule has 1 saturated heterocycles. The Hall–Kier alpha value is -2.14. The number of para-hydroxylation sites is 1. The number of rotatable bonds is 4. The second kappa shape index (κ2) is 7.62. The molecule has 0 aliphatic carbocycles. The zero-order valence-electron chi connectivity index (χ0n) is 13.7. The van der Waals surface area contributed by atoms with Crippen molar-refractivity contribution in [2.45, 2.75) is 38.6 Å². The average molecular weight is 345 g/mol. The Morgan fingerprint density at radius 2 is 2.17 bits per heavy atom. The van der Waals surface area contributed by atoms with Gasteiger partial charge in [0.25, 0.3) is 5.91 Å². The highest BCUT2D eigenvalue weighted by Crippen LogP contribution is 2.24. The van der Waals surface area contributed by atoms with Crippen molar-refractivity contribution >= 4 is 29.1 Å². The van der Waals surface area contributed by atoms with E-state index in [-0.39, 0.29) is 5.91 Å². The summed E-state index contributed by atoms with van der Waals surface area (Å²) in [4.78, 5) is 23.3. The molecule has 1 amide bonds. The van der Waals surface area contributed by atoms with Crippen LogP contribution in [-0.4, -0.2) is 33.4 Å². The van der Waals surface area contributed by atoms with Crippen LogP contribution in [0.25, 0.3) is 0 Å². The molecule has 1 fully saturated rings. The van der Waals surface area contributed by atoms with E-state index in [0.29, 0.717) is 28.4 Å². The number of likely N-dealkylation sites (tertiary alicyclic amines) is 1. The summed E-state index contributed by atoms with van der Waals surface area (Å²) in [6.07, 6.45) is 5.88. The van der Waals surface area contributed by atoms with Crippen LogP contribution in [0.1, 0.15) is 43.1 Å². The highest BCUT2D eigenvalue weighted by atomic mass is 35.5. The van der Waals surface area contributed by atoms with Crippen molar-refractivity contribution in [3.63, 3.8) is 0 Å². The van der Waals surface area contributed by atoms with Gasteiger partial charge in [-0.3, -0.25) is 4.79 Å². The van der Waals surface area contributed by atoms with Gasteiger partial charge in [0.15, 0.2) is 0 Å². The fraction of sp³-hybridized carbons (Fsp3) is 0.389. The maximum absolute atomic E-state index is 12.8. The number of amides is 1. The van der Waals surface area contributed by atoms with Crippen molar-refractivity contribution in [2.24, 2.45) is 0 Å². The molecule has 126 valence electrons. The monoisotopic (exact) mass is 344 g/mol. The maximum atomic E-state index is 12.8. The SMILES string of the molecule is CCC1CCCCN1C(=O)c1ccnc(Nc2ccccc2Cl)n1. The molecule has 1 N–H and O–H groups in total. The highest BCUT2D eigenvalue weighted by Gasteiger charge is 2.27. The Balaban J connectivity index is 1.79. The molecule has 0 spiro atoms. The van der Waals surface area contributed by atoms with E-state index >= 15 is 0 Å². The molecule has 24 heavy (non-hydrogen) atoms. The summed E-state index contributed by atoms with van der Waals surface area (Å²) in [6.45, 7) is 2.93. The Morgan fingerprint density at radius 1 is 1.33 bits per heavy atom. The van der Waals surface area contributed by atoms with E-state index < -0.39 is 0 Å². The van der Waals surface area contributed by atoms with Crippen molar-refractivity contribution in [3.05, 3.63) is 47.2 Å². The third-order valence-electron chi connectivity index (χ3n) is 4.35. The number of benzene rings is 1. The first kappa shape index (κ1) is 16.7. The molecular weight excluding hydrogens is 324 g/mol. The van der Waals surface area contributed by atoms with Gasteiger partial charge in [-0.05, 0) is 43.9 Å². The van der Waals surface area contributed by atoms with Crippen molar-refractivity contribution in [3.8, 4) is 0 Å². The minimum absolute atomic E-state index is 0.0221. The molecule has 2 heterocycles.